The van der Waals surface area contributed by atoms with Crippen LogP contribution in [0.15, 0.2) is 25.3 Å². The molecule has 1 fully saturated rings. The van der Waals surface area contributed by atoms with Crippen molar-refractivity contribution in [3.8, 4) is 0 Å². The van der Waals surface area contributed by atoms with Crippen molar-refractivity contribution in [1.82, 2.24) is 0 Å². The third-order valence-corrected chi connectivity index (χ3v) is 5.03. The summed E-state index contributed by atoms with van der Waals surface area (Å²) in [6.07, 6.45) is 7.33. The number of halogens is 1. The summed E-state index contributed by atoms with van der Waals surface area (Å²) in [5.41, 5.74) is 3.92. The molecule has 1 heteroatoms. The Bertz CT molecular complexity index is 547. The summed E-state index contributed by atoms with van der Waals surface area (Å²) in [7, 11) is 0. The van der Waals surface area contributed by atoms with Crippen molar-refractivity contribution in [3.05, 3.63) is 47.8 Å². The molecule has 0 N–H and O–H groups in total. The minimum Gasteiger partial charge on any atom is -0.207 e. The molecule has 1 aromatic rings. The van der Waals surface area contributed by atoms with Crippen LogP contribution < -0.4 is 0 Å². The first kappa shape index (κ1) is 19.7. The molecule has 1 saturated carbocycles. The standard InChI is InChI=1S/C20H27F.C2H6/c1-6-16-17(14(3)20(4,5)7-2)12-13-19(21)18(16)11-10-15-8-9-15;1-2/h6,12-13,15H,1,3,7-11H2,2,4-5H3;1-2H3. The molecule has 0 bridgehead atoms. The second-order valence-corrected chi connectivity index (χ2v) is 6.89. The van der Waals surface area contributed by atoms with Gasteiger partial charge in [0.25, 0.3) is 0 Å². The van der Waals surface area contributed by atoms with E-state index in [0.29, 0.717) is 0 Å². The van der Waals surface area contributed by atoms with E-state index in [1.165, 1.54) is 12.8 Å². The molecule has 0 aromatic heterocycles. The van der Waals surface area contributed by atoms with Gasteiger partial charge < -0.3 is 0 Å². The van der Waals surface area contributed by atoms with Crippen LogP contribution in [0.25, 0.3) is 11.6 Å². The highest BCUT2D eigenvalue weighted by Gasteiger charge is 2.25. The molecule has 0 heterocycles. The van der Waals surface area contributed by atoms with Crippen LogP contribution in [-0.4, -0.2) is 0 Å². The molecule has 1 aromatic carbocycles. The van der Waals surface area contributed by atoms with Gasteiger partial charge in [-0.3, -0.25) is 0 Å². The van der Waals surface area contributed by atoms with Crippen LogP contribution in [0.2, 0.25) is 0 Å². The van der Waals surface area contributed by atoms with E-state index in [9.17, 15) is 4.39 Å². The first-order chi connectivity index (χ1) is 10.9. The fourth-order valence-corrected chi connectivity index (χ4v) is 2.72. The molecule has 2 rings (SSSR count). The van der Waals surface area contributed by atoms with Crippen LogP contribution in [0.4, 0.5) is 4.39 Å². The van der Waals surface area contributed by atoms with Gasteiger partial charge in [-0.05, 0) is 58.9 Å². The second kappa shape index (κ2) is 8.47. The van der Waals surface area contributed by atoms with Gasteiger partial charge in [-0.15, -0.1) is 0 Å². The van der Waals surface area contributed by atoms with Crippen molar-refractivity contribution < 1.29 is 4.39 Å². The number of rotatable bonds is 7. The molecule has 0 unspecified atom stereocenters. The Kier molecular flexibility index (Phi) is 7.25. The second-order valence-electron chi connectivity index (χ2n) is 6.89. The normalized spacial score (nSPS) is 14.0. The van der Waals surface area contributed by atoms with E-state index in [1.807, 2.05) is 19.9 Å². The Morgan fingerprint density at radius 2 is 1.91 bits per heavy atom. The lowest BCUT2D eigenvalue weighted by Gasteiger charge is -2.28. The van der Waals surface area contributed by atoms with Crippen LogP contribution in [0.1, 0.15) is 77.0 Å². The van der Waals surface area contributed by atoms with Gasteiger partial charge in [0.15, 0.2) is 0 Å². The van der Waals surface area contributed by atoms with Crippen molar-refractivity contribution >= 4 is 11.6 Å². The van der Waals surface area contributed by atoms with E-state index in [2.05, 4.69) is 33.9 Å². The van der Waals surface area contributed by atoms with Gasteiger partial charge in [0.1, 0.15) is 5.82 Å². The molecule has 0 aliphatic heterocycles. The van der Waals surface area contributed by atoms with Crippen LogP contribution in [0.5, 0.6) is 0 Å². The third-order valence-electron chi connectivity index (χ3n) is 5.03. The van der Waals surface area contributed by atoms with Gasteiger partial charge in [0.05, 0.1) is 0 Å². The van der Waals surface area contributed by atoms with E-state index < -0.39 is 0 Å². The summed E-state index contributed by atoms with van der Waals surface area (Å²) in [5.74, 6) is 0.706. The number of benzene rings is 1. The summed E-state index contributed by atoms with van der Waals surface area (Å²) >= 11 is 0. The van der Waals surface area contributed by atoms with Crippen LogP contribution in [0, 0.1) is 17.2 Å². The summed E-state index contributed by atoms with van der Waals surface area (Å²) in [6, 6.07) is 3.47. The summed E-state index contributed by atoms with van der Waals surface area (Å²) in [5, 5.41) is 0. The maximum atomic E-state index is 14.3. The maximum Gasteiger partial charge on any atom is 0.127 e. The smallest absolute Gasteiger partial charge is 0.127 e. The Morgan fingerprint density at radius 3 is 2.39 bits per heavy atom. The molecule has 0 nitrogen and oxygen atoms in total. The number of hydrogen-bond acceptors (Lipinski definition) is 0. The molecule has 0 saturated heterocycles. The first-order valence-electron chi connectivity index (χ1n) is 9.04. The Morgan fingerprint density at radius 1 is 1.30 bits per heavy atom. The lowest BCUT2D eigenvalue weighted by atomic mass is 9.77. The zero-order valence-electron chi connectivity index (χ0n) is 15.6. The predicted molar refractivity (Wildman–Crippen MR) is 102 cm³/mol. The van der Waals surface area contributed by atoms with Crippen LogP contribution in [-0.2, 0) is 6.42 Å². The van der Waals surface area contributed by atoms with Crippen molar-refractivity contribution in [2.45, 2.75) is 66.7 Å². The van der Waals surface area contributed by atoms with Gasteiger partial charge >= 0.3 is 0 Å². The molecule has 1 aliphatic carbocycles. The van der Waals surface area contributed by atoms with Crippen molar-refractivity contribution in [2.24, 2.45) is 11.3 Å². The number of allylic oxidation sites excluding steroid dienone is 1. The Hall–Kier alpha value is -1.37. The van der Waals surface area contributed by atoms with Crippen molar-refractivity contribution in [1.29, 1.82) is 0 Å². The molecular formula is C22H33F. The van der Waals surface area contributed by atoms with Gasteiger partial charge in [0, 0.05) is 0 Å². The molecule has 0 spiro atoms. The Balaban J connectivity index is 0.00000127. The lowest BCUT2D eigenvalue weighted by Crippen LogP contribution is -2.13. The molecule has 23 heavy (non-hydrogen) atoms. The highest BCUT2D eigenvalue weighted by molar-refractivity contribution is 5.77. The van der Waals surface area contributed by atoms with Crippen LogP contribution >= 0.6 is 0 Å². The van der Waals surface area contributed by atoms with E-state index >= 15 is 0 Å². The van der Waals surface area contributed by atoms with Gasteiger partial charge in [0.2, 0.25) is 0 Å². The molecule has 0 amide bonds. The lowest BCUT2D eigenvalue weighted by molar-refractivity contribution is 0.482. The van der Waals surface area contributed by atoms with Gasteiger partial charge in [-0.25, -0.2) is 4.39 Å². The minimum atomic E-state index is -0.101. The van der Waals surface area contributed by atoms with E-state index in [4.69, 9.17) is 0 Å². The minimum absolute atomic E-state index is 0.0172. The maximum absolute atomic E-state index is 14.3. The average molecular weight is 317 g/mol. The fourth-order valence-electron chi connectivity index (χ4n) is 2.72. The van der Waals surface area contributed by atoms with E-state index in [0.717, 1.165) is 47.4 Å². The van der Waals surface area contributed by atoms with Crippen molar-refractivity contribution in [3.63, 3.8) is 0 Å². The molecule has 128 valence electrons. The molecule has 0 radical (unpaired) electrons. The van der Waals surface area contributed by atoms with Gasteiger partial charge in [-0.2, -0.15) is 0 Å². The highest BCUT2D eigenvalue weighted by atomic mass is 19.1. The molecular weight excluding hydrogens is 283 g/mol. The monoisotopic (exact) mass is 316 g/mol. The zero-order chi connectivity index (χ0) is 17.6. The average Bonchev–Trinajstić information content (AvgIpc) is 3.38. The van der Waals surface area contributed by atoms with Gasteiger partial charge in [-0.1, -0.05) is 72.8 Å². The fraction of sp³-hybridized carbons (Fsp3) is 0.545. The van der Waals surface area contributed by atoms with Crippen LogP contribution in [0.3, 0.4) is 0 Å². The predicted octanol–water partition coefficient (Wildman–Crippen LogP) is 7.29. The summed E-state index contributed by atoms with van der Waals surface area (Å²) in [4.78, 5) is 0. The quantitative estimate of drug-likeness (QED) is 0.495. The van der Waals surface area contributed by atoms with Crippen molar-refractivity contribution in [2.75, 3.05) is 0 Å². The Labute approximate surface area is 142 Å². The highest BCUT2D eigenvalue weighted by Crippen LogP contribution is 2.40. The van der Waals surface area contributed by atoms with E-state index in [-0.39, 0.29) is 11.2 Å². The molecule has 0 atom stereocenters. The molecule has 1 aliphatic rings. The summed E-state index contributed by atoms with van der Waals surface area (Å²) in [6.45, 7) is 18.7. The van der Waals surface area contributed by atoms with E-state index in [1.54, 1.807) is 12.1 Å². The zero-order valence-corrected chi connectivity index (χ0v) is 15.6. The number of hydrogen-bond donors (Lipinski definition) is 0. The largest absolute Gasteiger partial charge is 0.207 e. The topological polar surface area (TPSA) is 0 Å². The third kappa shape index (κ3) is 4.80. The summed E-state index contributed by atoms with van der Waals surface area (Å²) < 4.78 is 14.3. The SMILES string of the molecule is C=Cc1c(C(=C)C(C)(C)CC)ccc(F)c1CCC1CC1.CC. The first-order valence-corrected chi connectivity index (χ1v) is 9.04.